The van der Waals surface area contributed by atoms with Crippen LogP contribution in [0.4, 0.5) is 0 Å². The molecule has 21 heavy (non-hydrogen) atoms. The Hall–Kier alpha value is -1.65. The largest absolute Gasteiger partial charge is 0.240 e. The second-order valence-electron chi connectivity index (χ2n) is 5.16. The molecular weight excluding hydrogens is 282 g/mol. The van der Waals surface area contributed by atoms with Gasteiger partial charge in [-0.15, -0.1) is 0 Å². The van der Waals surface area contributed by atoms with Gasteiger partial charge in [0, 0.05) is 6.54 Å². The second-order valence-corrected chi connectivity index (χ2v) is 6.92. The Morgan fingerprint density at radius 2 is 1.71 bits per heavy atom. The molecule has 0 aliphatic heterocycles. The van der Waals surface area contributed by atoms with Gasteiger partial charge in [-0.3, -0.25) is 0 Å². The van der Waals surface area contributed by atoms with Crippen LogP contribution in [0.25, 0.3) is 0 Å². The van der Waals surface area contributed by atoms with Gasteiger partial charge in [0.15, 0.2) is 0 Å². The third kappa shape index (κ3) is 4.99. The van der Waals surface area contributed by atoms with Crippen LogP contribution in [-0.2, 0) is 16.4 Å². The molecule has 0 bridgehead atoms. The van der Waals surface area contributed by atoms with Gasteiger partial charge in [-0.25, -0.2) is 13.1 Å². The van der Waals surface area contributed by atoms with E-state index in [2.05, 4.69) is 16.9 Å². The summed E-state index contributed by atoms with van der Waals surface area (Å²) in [6, 6.07) is 17.2. The summed E-state index contributed by atoms with van der Waals surface area (Å²) >= 11 is 0. The van der Waals surface area contributed by atoms with E-state index in [0.29, 0.717) is 11.4 Å². The lowest BCUT2D eigenvalue weighted by Gasteiger charge is -2.07. The van der Waals surface area contributed by atoms with E-state index >= 15 is 0 Å². The van der Waals surface area contributed by atoms with Crippen molar-refractivity contribution < 1.29 is 8.42 Å². The van der Waals surface area contributed by atoms with Gasteiger partial charge in [-0.2, -0.15) is 0 Å². The molecular formula is C17H21NO2S. The summed E-state index contributed by atoms with van der Waals surface area (Å²) in [4.78, 5) is 0.338. The number of hydrogen-bond acceptors (Lipinski definition) is 2. The summed E-state index contributed by atoms with van der Waals surface area (Å²) in [5, 5.41) is 0. The van der Waals surface area contributed by atoms with E-state index in [9.17, 15) is 8.42 Å². The minimum absolute atomic E-state index is 0.338. The van der Waals surface area contributed by atoms with Crippen molar-refractivity contribution in [1.82, 2.24) is 4.72 Å². The van der Waals surface area contributed by atoms with E-state index in [1.807, 2.05) is 31.2 Å². The lowest BCUT2D eigenvalue weighted by molar-refractivity contribution is 0.576. The van der Waals surface area contributed by atoms with Crippen LogP contribution in [0.15, 0.2) is 59.5 Å². The zero-order valence-corrected chi connectivity index (χ0v) is 13.1. The molecule has 0 aromatic heterocycles. The van der Waals surface area contributed by atoms with E-state index in [4.69, 9.17) is 0 Å². The summed E-state index contributed by atoms with van der Waals surface area (Å²) in [5.41, 5.74) is 2.24. The first kappa shape index (κ1) is 15.7. The zero-order valence-electron chi connectivity index (χ0n) is 12.2. The topological polar surface area (TPSA) is 46.2 Å². The van der Waals surface area contributed by atoms with Crippen LogP contribution in [-0.4, -0.2) is 15.0 Å². The Bertz CT molecular complexity index is 666. The van der Waals surface area contributed by atoms with Gasteiger partial charge in [0.2, 0.25) is 10.0 Å². The van der Waals surface area contributed by atoms with Crippen molar-refractivity contribution in [1.29, 1.82) is 0 Å². The Morgan fingerprint density at radius 3 is 2.43 bits per heavy atom. The molecule has 0 saturated heterocycles. The molecule has 0 spiro atoms. The van der Waals surface area contributed by atoms with Gasteiger partial charge in [0.25, 0.3) is 0 Å². The first-order valence-corrected chi connectivity index (χ1v) is 8.66. The Balaban J connectivity index is 1.78. The minimum atomic E-state index is -3.38. The lowest BCUT2D eigenvalue weighted by Crippen LogP contribution is -2.24. The van der Waals surface area contributed by atoms with Gasteiger partial charge in [-0.05, 0) is 49.4 Å². The zero-order chi connectivity index (χ0) is 15.1. The first-order chi connectivity index (χ1) is 10.1. The molecule has 112 valence electrons. The maximum atomic E-state index is 12.1. The Labute approximate surface area is 127 Å². The van der Waals surface area contributed by atoms with E-state index in [1.54, 1.807) is 18.2 Å². The van der Waals surface area contributed by atoms with Crippen LogP contribution in [0, 0.1) is 6.92 Å². The average molecular weight is 303 g/mol. The highest BCUT2D eigenvalue weighted by molar-refractivity contribution is 7.89. The smallest absolute Gasteiger partial charge is 0.211 e. The number of hydrogen-bond donors (Lipinski definition) is 1. The van der Waals surface area contributed by atoms with Gasteiger partial charge in [0.1, 0.15) is 0 Å². The molecule has 0 aliphatic carbocycles. The van der Waals surface area contributed by atoms with Crippen LogP contribution < -0.4 is 4.72 Å². The highest BCUT2D eigenvalue weighted by Gasteiger charge is 2.12. The molecule has 0 atom stereocenters. The molecule has 0 radical (unpaired) electrons. The number of rotatable bonds is 7. The van der Waals surface area contributed by atoms with Crippen LogP contribution in [0.1, 0.15) is 24.0 Å². The number of aryl methyl sites for hydroxylation is 2. The maximum Gasteiger partial charge on any atom is 0.240 e. The molecule has 3 nitrogen and oxygen atoms in total. The van der Waals surface area contributed by atoms with Gasteiger partial charge in [-0.1, -0.05) is 42.5 Å². The summed E-state index contributed by atoms with van der Waals surface area (Å²) in [6.45, 7) is 2.36. The molecule has 1 N–H and O–H groups in total. The Morgan fingerprint density at radius 1 is 0.952 bits per heavy atom. The normalized spacial score (nSPS) is 11.5. The van der Waals surface area contributed by atoms with Gasteiger partial charge >= 0.3 is 0 Å². The third-order valence-electron chi connectivity index (χ3n) is 3.33. The molecule has 0 fully saturated rings. The predicted octanol–water partition coefficient (Wildman–Crippen LogP) is 3.30. The maximum absolute atomic E-state index is 12.1. The Kier molecular flexibility index (Phi) is 5.53. The van der Waals surface area contributed by atoms with Crippen molar-refractivity contribution in [3.8, 4) is 0 Å². The second kappa shape index (κ2) is 7.38. The molecule has 2 aromatic carbocycles. The van der Waals surface area contributed by atoms with Crippen molar-refractivity contribution >= 4 is 10.0 Å². The van der Waals surface area contributed by atoms with Gasteiger partial charge in [0.05, 0.1) is 4.90 Å². The predicted molar refractivity (Wildman–Crippen MR) is 85.7 cm³/mol. The summed E-state index contributed by atoms with van der Waals surface area (Å²) < 4.78 is 26.9. The van der Waals surface area contributed by atoms with E-state index in [-0.39, 0.29) is 0 Å². The lowest BCUT2D eigenvalue weighted by atomic mass is 10.1. The van der Waals surface area contributed by atoms with Crippen molar-refractivity contribution in [3.63, 3.8) is 0 Å². The monoisotopic (exact) mass is 303 g/mol. The average Bonchev–Trinajstić information content (AvgIpc) is 2.48. The molecule has 4 heteroatoms. The van der Waals surface area contributed by atoms with Crippen LogP contribution in [0.2, 0.25) is 0 Å². The quantitative estimate of drug-likeness (QED) is 0.798. The number of benzene rings is 2. The number of nitrogens with one attached hydrogen (secondary N) is 1. The number of unbranched alkanes of at least 4 members (excludes halogenated alkanes) is 1. The summed E-state index contributed by atoms with van der Waals surface area (Å²) in [7, 11) is -3.38. The van der Waals surface area contributed by atoms with E-state index in [0.717, 1.165) is 24.8 Å². The van der Waals surface area contributed by atoms with Crippen LogP contribution >= 0.6 is 0 Å². The molecule has 2 rings (SSSR count). The summed E-state index contributed by atoms with van der Waals surface area (Å²) in [5.74, 6) is 0. The molecule has 0 amide bonds. The SMILES string of the molecule is Cc1cccc(S(=O)(=O)NCCCCc2ccccc2)c1. The summed E-state index contributed by atoms with van der Waals surface area (Å²) in [6.07, 6.45) is 2.79. The van der Waals surface area contributed by atoms with Crippen LogP contribution in [0.5, 0.6) is 0 Å². The standard InChI is InChI=1S/C17H21NO2S/c1-15-8-7-12-17(14-15)21(19,20)18-13-6-5-11-16-9-3-2-4-10-16/h2-4,7-10,12,14,18H,5-6,11,13H2,1H3. The first-order valence-electron chi connectivity index (χ1n) is 7.18. The minimum Gasteiger partial charge on any atom is -0.211 e. The highest BCUT2D eigenvalue weighted by Crippen LogP contribution is 2.11. The molecule has 0 saturated carbocycles. The van der Waals surface area contributed by atoms with Crippen LogP contribution in [0.3, 0.4) is 0 Å². The van der Waals surface area contributed by atoms with E-state index in [1.165, 1.54) is 5.56 Å². The molecule has 0 heterocycles. The van der Waals surface area contributed by atoms with Crippen molar-refractivity contribution in [2.75, 3.05) is 6.54 Å². The van der Waals surface area contributed by atoms with Crippen molar-refractivity contribution in [3.05, 3.63) is 65.7 Å². The third-order valence-corrected chi connectivity index (χ3v) is 4.79. The fourth-order valence-corrected chi connectivity index (χ4v) is 3.35. The van der Waals surface area contributed by atoms with E-state index < -0.39 is 10.0 Å². The number of sulfonamides is 1. The van der Waals surface area contributed by atoms with Gasteiger partial charge < -0.3 is 0 Å². The van der Waals surface area contributed by atoms with Crippen molar-refractivity contribution in [2.24, 2.45) is 0 Å². The fourth-order valence-electron chi connectivity index (χ4n) is 2.17. The molecule has 0 aliphatic rings. The fraction of sp³-hybridized carbons (Fsp3) is 0.294. The molecule has 2 aromatic rings. The van der Waals surface area contributed by atoms with Crippen molar-refractivity contribution in [2.45, 2.75) is 31.1 Å². The molecule has 0 unspecified atom stereocenters. The highest BCUT2D eigenvalue weighted by atomic mass is 32.2.